The smallest absolute Gasteiger partial charge is 0.0541 e. The summed E-state index contributed by atoms with van der Waals surface area (Å²) < 4.78 is 2.38. The maximum atomic E-state index is 2.48. The van der Waals surface area contributed by atoms with Crippen molar-refractivity contribution < 1.29 is 0 Å². The van der Waals surface area contributed by atoms with Gasteiger partial charge in [-0.05, 0) is 151 Å². The first-order valence-electron chi connectivity index (χ1n) is 26.4. The van der Waals surface area contributed by atoms with E-state index in [1.54, 1.807) is 0 Å². The summed E-state index contributed by atoms with van der Waals surface area (Å²) in [4.78, 5) is 2.45. The summed E-state index contributed by atoms with van der Waals surface area (Å²) in [5.41, 5.74) is 21.8. The lowest BCUT2D eigenvalue weighted by Crippen LogP contribution is -2.34. The summed E-state index contributed by atoms with van der Waals surface area (Å²) in [7, 11) is 0. The fourth-order valence-electron chi connectivity index (χ4n) is 12.9. The molecule has 75 heavy (non-hydrogen) atoms. The van der Waals surface area contributed by atoms with E-state index in [4.69, 9.17) is 0 Å². The highest BCUT2D eigenvalue weighted by atomic mass is 15.1. The number of allylic oxidation sites excluding steroid dienone is 4. The Morgan fingerprint density at radius 2 is 0.947 bits per heavy atom. The van der Waals surface area contributed by atoms with E-state index in [-0.39, 0.29) is 5.41 Å². The maximum absolute atomic E-state index is 2.48. The van der Waals surface area contributed by atoms with Crippen LogP contribution in [0.15, 0.2) is 279 Å². The molecule has 0 saturated carbocycles. The van der Waals surface area contributed by atoms with Crippen molar-refractivity contribution in [3.63, 3.8) is 0 Å². The Kier molecular flexibility index (Phi) is 10.7. The van der Waals surface area contributed by atoms with Gasteiger partial charge in [0.05, 0.1) is 16.7 Å². The standard InChI is InChI=1S/C73H54N2/c1-49-19-9-13-31-66(49)73(2)67-32-14-10-26-60(67)61-45-39-55(48-68(61)73)51-37-43-58(44-38-51)74(69-33-15-11-27-62(69)64-30-18-23-53-22-17-29-59(72(53)64)52-20-5-3-6-21-52)57-41-35-50(36-42-57)54-40-46-71-65(47-54)63-28-12-16-34-70(63)75(71)56-24-7-4-8-25-56/h3-49,66H,1-2H3. The molecule has 1 heterocycles. The molecule has 1 aromatic heterocycles. The molecule has 0 saturated heterocycles. The van der Waals surface area contributed by atoms with E-state index in [1.165, 1.54) is 99.3 Å². The average molecular weight is 959 g/mol. The second kappa shape index (κ2) is 18.1. The van der Waals surface area contributed by atoms with Gasteiger partial charge in [0.2, 0.25) is 0 Å². The van der Waals surface area contributed by atoms with Crippen molar-refractivity contribution in [2.75, 3.05) is 4.90 Å². The van der Waals surface area contributed by atoms with Crippen molar-refractivity contribution in [3.05, 3.63) is 290 Å². The summed E-state index contributed by atoms with van der Waals surface area (Å²) in [6.45, 7) is 4.84. The lowest BCUT2D eigenvalue weighted by atomic mass is 9.64. The first kappa shape index (κ1) is 44.5. The molecule has 0 bridgehead atoms. The van der Waals surface area contributed by atoms with Crippen LogP contribution in [0.3, 0.4) is 0 Å². The fourth-order valence-corrected chi connectivity index (χ4v) is 12.9. The molecule has 12 aromatic rings. The van der Waals surface area contributed by atoms with Crippen molar-refractivity contribution >= 4 is 49.6 Å². The van der Waals surface area contributed by atoms with Crippen molar-refractivity contribution in [1.82, 2.24) is 4.57 Å². The second-order valence-corrected chi connectivity index (χ2v) is 20.6. The quantitative estimate of drug-likeness (QED) is 0.140. The zero-order valence-electron chi connectivity index (χ0n) is 42.1. The molecule has 0 N–H and O–H groups in total. The van der Waals surface area contributed by atoms with Crippen LogP contribution in [0.25, 0.3) is 93.9 Å². The van der Waals surface area contributed by atoms with Crippen molar-refractivity contribution in [3.8, 4) is 61.3 Å². The number of hydrogen-bond acceptors (Lipinski definition) is 1. The molecular formula is C73H54N2. The van der Waals surface area contributed by atoms with Crippen molar-refractivity contribution in [2.24, 2.45) is 11.8 Å². The third-order valence-corrected chi connectivity index (χ3v) is 16.5. The minimum absolute atomic E-state index is 0.163. The van der Waals surface area contributed by atoms with Crippen LogP contribution in [-0.2, 0) is 5.41 Å². The van der Waals surface area contributed by atoms with Gasteiger partial charge in [0.25, 0.3) is 0 Å². The first-order valence-corrected chi connectivity index (χ1v) is 26.4. The lowest BCUT2D eigenvalue weighted by Gasteiger charge is -2.39. The average Bonchev–Trinajstić information content (AvgIpc) is 4.03. The SMILES string of the molecule is CC1C=CC=CC1C1(C)c2ccccc2-c2ccc(-c3ccc(N(c4ccc(-c5ccc6c(c5)c5ccccc5n6-c5ccccc5)cc4)c4ccccc4-c4cccc5cccc(-c6ccccc6)c45)cc3)cc21. The predicted octanol–water partition coefficient (Wildman–Crippen LogP) is 19.7. The van der Waals surface area contributed by atoms with Gasteiger partial charge < -0.3 is 9.47 Å². The number of para-hydroxylation sites is 3. The molecule has 0 amide bonds. The zero-order valence-corrected chi connectivity index (χ0v) is 42.1. The van der Waals surface area contributed by atoms with Crippen molar-refractivity contribution in [2.45, 2.75) is 19.3 Å². The number of hydrogen-bond donors (Lipinski definition) is 0. The fraction of sp³-hybridized carbons (Fsp3) is 0.0685. The van der Waals surface area contributed by atoms with E-state index in [0.29, 0.717) is 11.8 Å². The Morgan fingerprint density at radius 3 is 1.69 bits per heavy atom. The van der Waals surface area contributed by atoms with Crippen molar-refractivity contribution in [1.29, 1.82) is 0 Å². The van der Waals surface area contributed by atoms with Gasteiger partial charge in [0, 0.05) is 38.8 Å². The zero-order chi connectivity index (χ0) is 50.0. The molecule has 11 aromatic carbocycles. The van der Waals surface area contributed by atoms with Crippen LogP contribution in [0.1, 0.15) is 25.0 Å². The monoisotopic (exact) mass is 958 g/mol. The first-order chi connectivity index (χ1) is 37.0. The van der Waals surface area contributed by atoms with Gasteiger partial charge in [-0.2, -0.15) is 0 Å². The summed E-state index contributed by atoms with van der Waals surface area (Å²) in [5.74, 6) is 0.762. The Labute approximate surface area is 439 Å². The molecule has 2 heteroatoms. The summed E-state index contributed by atoms with van der Waals surface area (Å²) in [6.07, 6.45) is 9.24. The van der Waals surface area contributed by atoms with E-state index in [9.17, 15) is 0 Å². The molecule has 0 radical (unpaired) electrons. The maximum Gasteiger partial charge on any atom is 0.0541 e. The molecule has 3 unspecified atom stereocenters. The number of anilines is 3. The summed E-state index contributed by atoms with van der Waals surface area (Å²) in [5, 5.41) is 4.95. The Bertz CT molecular complexity index is 4190. The summed E-state index contributed by atoms with van der Waals surface area (Å²) >= 11 is 0. The number of nitrogens with zero attached hydrogens (tertiary/aromatic N) is 2. The number of rotatable bonds is 9. The van der Waals surface area contributed by atoms with Crippen LogP contribution in [0.2, 0.25) is 0 Å². The minimum atomic E-state index is -0.163. The van der Waals surface area contributed by atoms with E-state index in [1.807, 2.05) is 0 Å². The highest BCUT2D eigenvalue weighted by Gasteiger charge is 2.46. The molecule has 14 rings (SSSR count). The van der Waals surface area contributed by atoms with Crippen LogP contribution in [-0.4, -0.2) is 4.57 Å². The molecule has 0 fully saturated rings. The number of benzene rings is 11. The number of aromatic nitrogens is 1. The third kappa shape index (κ3) is 7.31. The molecule has 2 aliphatic rings. The largest absolute Gasteiger partial charge is 0.310 e. The van der Waals surface area contributed by atoms with E-state index >= 15 is 0 Å². The molecule has 356 valence electrons. The van der Waals surface area contributed by atoms with Gasteiger partial charge in [-0.1, -0.05) is 226 Å². The topological polar surface area (TPSA) is 8.17 Å². The van der Waals surface area contributed by atoms with E-state index in [2.05, 4.69) is 302 Å². The van der Waals surface area contributed by atoms with Gasteiger partial charge in [0.1, 0.15) is 0 Å². The second-order valence-electron chi connectivity index (χ2n) is 20.6. The van der Waals surface area contributed by atoms with Gasteiger partial charge >= 0.3 is 0 Å². The normalized spacial score (nSPS) is 16.6. The van der Waals surface area contributed by atoms with Crippen LogP contribution < -0.4 is 4.90 Å². The van der Waals surface area contributed by atoms with Crippen LogP contribution >= 0.6 is 0 Å². The molecule has 2 nitrogen and oxygen atoms in total. The molecular weight excluding hydrogens is 905 g/mol. The molecule has 2 aliphatic carbocycles. The highest BCUT2D eigenvalue weighted by molar-refractivity contribution is 6.11. The Balaban J connectivity index is 0.897. The molecule has 0 aliphatic heterocycles. The van der Waals surface area contributed by atoms with Gasteiger partial charge in [-0.25, -0.2) is 0 Å². The van der Waals surface area contributed by atoms with Crippen LogP contribution in [0, 0.1) is 11.8 Å². The predicted molar refractivity (Wildman–Crippen MR) is 318 cm³/mol. The Morgan fingerprint density at radius 1 is 0.387 bits per heavy atom. The van der Waals surface area contributed by atoms with Crippen LogP contribution in [0.4, 0.5) is 17.1 Å². The van der Waals surface area contributed by atoms with E-state index < -0.39 is 0 Å². The summed E-state index contributed by atoms with van der Waals surface area (Å²) in [6, 6.07) is 94.2. The number of fused-ring (bicyclic) bond motifs is 7. The van der Waals surface area contributed by atoms with Gasteiger partial charge in [-0.15, -0.1) is 0 Å². The molecule has 0 spiro atoms. The van der Waals surface area contributed by atoms with Gasteiger partial charge in [-0.3, -0.25) is 0 Å². The highest BCUT2D eigenvalue weighted by Crippen LogP contribution is 2.56. The lowest BCUT2D eigenvalue weighted by molar-refractivity contribution is 0.350. The van der Waals surface area contributed by atoms with E-state index in [0.717, 1.165) is 22.7 Å². The van der Waals surface area contributed by atoms with Crippen LogP contribution in [0.5, 0.6) is 0 Å². The van der Waals surface area contributed by atoms with Gasteiger partial charge in [0.15, 0.2) is 0 Å². The Hall–Kier alpha value is -9.24. The molecule has 3 atom stereocenters. The minimum Gasteiger partial charge on any atom is -0.310 e. The third-order valence-electron chi connectivity index (χ3n) is 16.5.